The molecule has 3 heterocycles. The molecule has 1 aromatic carbocycles. The number of aryl methyl sites for hydroxylation is 2. The van der Waals surface area contributed by atoms with Gasteiger partial charge in [0.05, 0.1) is 18.5 Å². The van der Waals surface area contributed by atoms with E-state index >= 15 is 0 Å². The van der Waals surface area contributed by atoms with Gasteiger partial charge in [-0.2, -0.15) is 0 Å². The number of anilines is 1. The molecule has 0 saturated carbocycles. The molecule has 7 heteroatoms. The highest BCUT2D eigenvalue weighted by molar-refractivity contribution is 7.19. The number of carbonyl (C=O) groups excluding carboxylic acids is 1. The van der Waals surface area contributed by atoms with Crippen LogP contribution in [0.25, 0.3) is 22.4 Å². The van der Waals surface area contributed by atoms with Crippen molar-refractivity contribution in [3.8, 4) is 0 Å². The second kappa shape index (κ2) is 8.16. The average Bonchev–Trinajstić information content (AvgIpc) is 3.16. The van der Waals surface area contributed by atoms with Crippen molar-refractivity contribution < 1.29 is 9.53 Å². The number of thiophene rings is 1. The molecule has 2 aromatic heterocycles. The Hall–Kier alpha value is -2.77. The highest BCUT2D eigenvalue weighted by atomic mass is 32.1. The van der Waals surface area contributed by atoms with E-state index in [1.54, 1.807) is 11.3 Å². The molecule has 5 rings (SSSR count). The van der Waals surface area contributed by atoms with Crippen LogP contribution in [0.5, 0.6) is 0 Å². The van der Waals surface area contributed by atoms with Crippen molar-refractivity contribution in [2.75, 3.05) is 24.6 Å². The maximum atomic E-state index is 11.7. The van der Waals surface area contributed by atoms with E-state index in [-0.39, 0.29) is 0 Å². The number of hydrogen-bond donors (Lipinski definition) is 1. The minimum absolute atomic E-state index is 0.425. The van der Waals surface area contributed by atoms with Gasteiger partial charge >= 0.3 is 0 Å². The standard InChI is InChI=1S/C23H24N4O2S/c24-21(28)17-14-27(12-13-29-17)22-20-16-8-4-5-9-18(16)30-23(20)26-19(25-22)11-10-15-6-2-1-3-7-15/h1-3,6-7,10-11,17H,4-5,8-9,12-14H2,(H2,24,28)/b11-10+. The molecule has 1 amide bonds. The number of nitrogens with two attached hydrogens (primary N) is 1. The van der Waals surface area contributed by atoms with Crippen LogP contribution in [0.15, 0.2) is 30.3 Å². The minimum atomic E-state index is -0.610. The lowest BCUT2D eigenvalue weighted by Gasteiger charge is -2.33. The molecule has 1 unspecified atom stereocenters. The Morgan fingerprint density at radius 3 is 2.83 bits per heavy atom. The first kappa shape index (κ1) is 19.2. The molecule has 1 aliphatic carbocycles. The summed E-state index contributed by atoms with van der Waals surface area (Å²) in [5, 5.41) is 1.15. The lowest BCUT2D eigenvalue weighted by Crippen LogP contribution is -2.48. The second-order valence-electron chi connectivity index (χ2n) is 7.75. The van der Waals surface area contributed by atoms with Crippen molar-refractivity contribution in [1.82, 2.24) is 9.97 Å². The second-order valence-corrected chi connectivity index (χ2v) is 8.83. The number of fused-ring (bicyclic) bond motifs is 3. The predicted octanol–water partition coefficient (Wildman–Crippen LogP) is 3.43. The van der Waals surface area contributed by atoms with Crippen LogP contribution < -0.4 is 10.6 Å². The fourth-order valence-corrected chi connectivity index (χ4v) is 5.47. The van der Waals surface area contributed by atoms with E-state index < -0.39 is 12.0 Å². The van der Waals surface area contributed by atoms with Crippen LogP contribution in [0.4, 0.5) is 5.82 Å². The summed E-state index contributed by atoms with van der Waals surface area (Å²) < 4.78 is 5.56. The molecule has 0 spiro atoms. The first-order valence-corrected chi connectivity index (χ1v) is 11.2. The molecule has 2 aliphatic rings. The molecule has 2 N–H and O–H groups in total. The molecule has 1 saturated heterocycles. The van der Waals surface area contributed by atoms with E-state index in [0.717, 1.165) is 34.4 Å². The van der Waals surface area contributed by atoms with Gasteiger partial charge in [0.15, 0.2) is 11.9 Å². The molecule has 1 aliphatic heterocycles. The molecule has 0 bridgehead atoms. The van der Waals surface area contributed by atoms with Crippen LogP contribution >= 0.6 is 11.3 Å². The monoisotopic (exact) mass is 420 g/mol. The number of nitrogens with zero attached hydrogens (tertiary/aromatic N) is 3. The number of aromatic nitrogens is 2. The molecule has 30 heavy (non-hydrogen) atoms. The van der Waals surface area contributed by atoms with Gasteiger partial charge in [0.1, 0.15) is 10.6 Å². The van der Waals surface area contributed by atoms with Gasteiger partial charge in [0.25, 0.3) is 0 Å². The predicted molar refractivity (Wildman–Crippen MR) is 121 cm³/mol. The third kappa shape index (κ3) is 3.70. The van der Waals surface area contributed by atoms with Gasteiger partial charge < -0.3 is 15.4 Å². The van der Waals surface area contributed by atoms with Gasteiger partial charge in [-0.1, -0.05) is 36.4 Å². The Balaban J connectivity index is 1.60. The van der Waals surface area contributed by atoms with Crippen LogP contribution in [-0.2, 0) is 22.4 Å². The summed E-state index contributed by atoms with van der Waals surface area (Å²) in [6.07, 6.45) is 7.98. The quantitative estimate of drug-likeness (QED) is 0.699. The van der Waals surface area contributed by atoms with Crippen LogP contribution in [0.2, 0.25) is 0 Å². The molecule has 0 radical (unpaired) electrons. The summed E-state index contributed by atoms with van der Waals surface area (Å²) in [4.78, 5) is 26.1. The molecule has 3 aromatic rings. The number of morpholine rings is 1. The summed E-state index contributed by atoms with van der Waals surface area (Å²) in [7, 11) is 0. The first-order valence-electron chi connectivity index (χ1n) is 10.4. The zero-order valence-corrected chi connectivity index (χ0v) is 17.5. The third-order valence-electron chi connectivity index (χ3n) is 5.72. The first-order chi connectivity index (χ1) is 14.7. The fourth-order valence-electron chi connectivity index (χ4n) is 4.21. The molecule has 1 atom stereocenters. The largest absolute Gasteiger partial charge is 0.367 e. The molecule has 1 fully saturated rings. The van der Waals surface area contributed by atoms with Crippen molar-refractivity contribution in [3.63, 3.8) is 0 Å². The molecular weight excluding hydrogens is 396 g/mol. The molecule has 154 valence electrons. The Morgan fingerprint density at radius 1 is 1.17 bits per heavy atom. The summed E-state index contributed by atoms with van der Waals surface area (Å²) in [5.74, 6) is 1.16. The van der Waals surface area contributed by atoms with Gasteiger partial charge in [0.2, 0.25) is 5.91 Å². The zero-order valence-electron chi connectivity index (χ0n) is 16.7. The Labute approximate surface area is 179 Å². The van der Waals surface area contributed by atoms with Gasteiger partial charge in [-0.15, -0.1) is 11.3 Å². The van der Waals surface area contributed by atoms with E-state index in [1.165, 1.54) is 23.3 Å². The molecule has 6 nitrogen and oxygen atoms in total. The highest BCUT2D eigenvalue weighted by Gasteiger charge is 2.29. The molecular formula is C23H24N4O2S. The Kier molecular flexibility index (Phi) is 5.23. The van der Waals surface area contributed by atoms with E-state index in [1.807, 2.05) is 30.4 Å². The lowest BCUT2D eigenvalue weighted by atomic mass is 9.97. The van der Waals surface area contributed by atoms with Gasteiger partial charge in [-0.25, -0.2) is 9.97 Å². The van der Waals surface area contributed by atoms with Crippen molar-refractivity contribution >= 4 is 45.4 Å². The van der Waals surface area contributed by atoms with Crippen LogP contribution in [0.3, 0.4) is 0 Å². The number of primary amides is 1. The van der Waals surface area contributed by atoms with Gasteiger partial charge in [-0.3, -0.25) is 4.79 Å². The normalized spacial score (nSPS) is 19.3. The van der Waals surface area contributed by atoms with Crippen molar-refractivity contribution in [3.05, 3.63) is 52.2 Å². The Morgan fingerprint density at radius 2 is 2.00 bits per heavy atom. The average molecular weight is 421 g/mol. The summed E-state index contributed by atoms with van der Waals surface area (Å²) in [5.41, 5.74) is 8.01. The number of benzene rings is 1. The number of carbonyl (C=O) groups is 1. The van der Waals surface area contributed by atoms with Crippen molar-refractivity contribution in [1.29, 1.82) is 0 Å². The van der Waals surface area contributed by atoms with E-state index in [4.69, 9.17) is 20.4 Å². The number of hydrogen-bond acceptors (Lipinski definition) is 6. The maximum absolute atomic E-state index is 11.7. The maximum Gasteiger partial charge on any atom is 0.248 e. The summed E-state index contributed by atoms with van der Waals surface area (Å²) in [6, 6.07) is 10.1. The highest BCUT2D eigenvalue weighted by Crippen LogP contribution is 2.40. The third-order valence-corrected chi connectivity index (χ3v) is 6.91. The summed E-state index contributed by atoms with van der Waals surface area (Å²) >= 11 is 1.79. The van der Waals surface area contributed by atoms with E-state index in [9.17, 15) is 4.79 Å². The number of amides is 1. The summed E-state index contributed by atoms with van der Waals surface area (Å²) in [6.45, 7) is 1.57. The van der Waals surface area contributed by atoms with E-state index in [2.05, 4.69) is 17.0 Å². The Bertz CT molecular complexity index is 1110. The van der Waals surface area contributed by atoms with Crippen LogP contribution in [-0.4, -0.2) is 41.7 Å². The van der Waals surface area contributed by atoms with Gasteiger partial charge in [-0.05, 0) is 42.9 Å². The smallest absolute Gasteiger partial charge is 0.248 e. The zero-order chi connectivity index (χ0) is 20.5. The number of ether oxygens (including phenoxy) is 1. The van der Waals surface area contributed by atoms with Crippen LogP contribution in [0, 0.1) is 0 Å². The van der Waals surface area contributed by atoms with Gasteiger partial charge in [0, 0.05) is 11.4 Å². The minimum Gasteiger partial charge on any atom is -0.367 e. The SMILES string of the molecule is NC(=O)C1CN(c2nc(/C=C/c3ccccc3)nc3sc4c(c23)CCCC4)CCO1. The lowest BCUT2D eigenvalue weighted by molar-refractivity contribution is -0.130. The van der Waals surface area contributed by atoms with Crippen molar-refractivity contribution in [2.24, 2.45) is 5.73 Å². The van der Waals surface area contributed by atoms with E-state index in [0.29, 0.717) is 25.5 Å². The fraction of sp³-hybridized carbons (Fsp3) is 0.348. The van der Waals surface area contributed by atoms with Crippen molar-refractivity contribution in [2.45, 2.75) is 31.8 Å². The topological polar surface area (TPSA) is 81.3 Å². The number of rotatable bonds is 4. The van der Waals surface area contributed by atoms with Crippen LogP contribution in [0.1, 0.15) is 34.7 Å².